The van der Waals surface area contributed by atoms with Gasteiger partial charge in [-0.15, -0.1) is 0 Å². The van der Waals surface area contributed by atoms with Gasteiger partial charge in [0.05, 0.1) is 13.0 Å². The number of piperidine rings is 1. The Morgan fingerprint density at radius 3 is 2.90 bits per heavy atom. The molecule has 0 N–H and O–H groups in total. The van der Waals surface area contributed by atoms with E-state index in [-0.39, 0.29) is 17.8 Å². The summed E-state index contributed by atoms with van der Waals surface area (Å²) in [5, 5.41) is 0. The van der Waals surface area contributed by atoms with Crippen LogP contribution in [0.3, 0.4) is 0 Å². The van der Waals surface area contributed by atoms with Gasteiger partial charge < -0.3 is 4.74 Å². The second-order valence-electron chi connectivity index (χ2n) is 5.91. The van der Waals surface area contributed by atoms with Crippen molar-refractivity contribution in [3.05, 3.63) is 34.3 Å². The zero-order valence-electron chi connectivity index (χ0n) is 11.9. The van der Waals surface area contributed by atoms with Gasteiger partial charge in [0, 0.05) is 22.5 Å². The number of hydrogen-bond acceptors (Lipinski definition) is 3. The van der Waals surface area contributed by atoms with Crippen LogP contribution in [0, 0.1) is 5.92 Å². The lowest BCUT2D eigenvalue weighted by molar-refractivity contribution is -0.150. The van der Waals surface area contributed by atoms with E-state index >= 15 is 0 Å². The van der Waals surface area contributed by atoms with E-state index in [1.807, 2.05) is 12.1 Å². The van der Waals surface area contributed by atoms with Gasteiger partial charge in [-0.1, -0.05) is 28.1 Å². The number of fused-ring (bicyclic) bond motifs is 2. The molecule has 4 atom stereocenters. The average Bonchev–Trinajstić information content (AvgIpc) is 2.69. The average molecular weight is 338 g/mol. The van der Waals surface area contributed by atoms with Gasteiger partial charge in [0.15, 0.2) is 0 Å². The third kappa shape index (κ3) is 2.29. The highest BCUT2D eigenvalue weighted by molar-refractivity contribution is 9.10. The van der Waals surface area contributed by atoms with Crippen LogP contribution in [0.1, 0.15) is 30.7 Å². The van der Waals surface area contributed by atoms with Crippen LogP contribution in [0.15, 0.2) is 28.7 Å². The van der Waals surface area contributed by atoms with Crippen LogP contribution < -0.4 is 0 Å². The van der Waals surface area contributed by atoms with Crippen LogP contribution >= 0.6 is 15.9 Å². The topological polar surface area (TPSA) is 29.5 Å². The van der Waals surface area contributed by atoms with Gasteiger partial charge in [0.1, 0.15) is 0 Å². The van der Waals surface area contributed by atoms with Crippen molar-refractivity contribution in [1.82, 2.24) is 4.90 Å². The van der Waals surface area contributed by atoms with E-state index in [1.165, 1.54) is 19.1 Å². The molecule has 4 heteroatoms. The second kappa shape index (κ2) is 5.49. The number of carbonyl (C=O) groups excluding carboxylic acids is 1. The van der Waals surface area contributed by atoms with Crippen LogP contribution in [-0.4, -0.2) is 37.1 Å². The van der Waals surface area contributed by atoms with Crippen molar-refractivity contribution in [2.75, 3.05) is 14.2 Å². The lowest BCUT2D eigenvalue weighted by atomic mass is 9.76. The van der Waals surface area contributed by atoms with Gasteiger partial charge >= 0.3 is 5.97 Å². The zero-order valence-corrected chi connectivity index (χ0v) is 13.5. The molecular weight excluding hydrogens is 318 g/mol. The van der Waals surface area contributed by atoms with Crippen LogP contribution in [0.4, 0.5) is 0 Å². The summed E-state index contributed by atoms with van der Waals surface area (Å²) in [6.07, 6.45) is 3.34. The fourth-order valence-corrected chi connectivity index (χ4v) is 4.42. The number of esters is 1. The van der Waals surface area contributed by atoms with Crippen LogP contribution in [0.25, 0.3) is 0 Å². The van der Waals surface area contributed by atoms with Crippen molar-refractivity contribution in [3.8, 4) is 0 Å². The standard InChI is InChI=1S/C16H20BrNO2/c1-18-12-6-7-14(18)15(16(19)20-2)13(9-12)10-4-3-5-11(17)8-10/h3-5,8,12-15H,6-7,9H2,1-2H3/t12?,13-,14?,15+/m1/s1. The Kier molecular flexibility index (Phi) is 3.87. The minimum absolute atomic E-state index is 0.0435. The van der Waals surface area contributed by atoms with Gasteiger partial charge in [-0.25, -0.2) is 0 Å². The molecule has 2 aliphatic heterocycles. The normalized spacial score (nSPS) is 33.1. The first-order valence-corrected chi connectivity index (χ1v) is 7.96. The Morgan fingerprint density at radius 2 is 2.20 bits per heavy atom. The summed E-state index contributed by atoms with van der Waals surface area (Å²) in [5.41, 5.74) is 1.25. The molecule has 1 aromatic rings. The predicted octanol–water partition coefficient (Wildman–Crippen LogP) is 3.19. The highest BCUT2D eigenvalue weighted by Crippen LogP contribution is 2.46. The summed E-state index contributed by atoms with van der Waals surface area (Å²) in [6.45, 7) is 0. The summed E-state index contributed by atoms with van der Waals surface area (Å²) in [7, 11) is 3.65. The van der Waals surface area contributed by atoms with Crippen molar-refractivity contribution in [1.29, 1.82) is 0 Å². The molecule has 2 saturated heterocycles. The van der Waals surface area contributed by atoms with Crippen molar-refractivity contribution < 1.29 is 9.53 Å². The summed E-state index contributed by atoms with van der Waals surface area (Å²) in [4.78, 5) is 14.7. The van der Waals surface area contributed by atoms with Crippen molar-refractivity contribution in [3.63, 3.8) is 0 Å². The minimum Gasteiger partial charge on any atom is -0.469 e. The smallest absolute Gasteiger partial charge is 0.310 e. The number of methoxy groups -OCH3 is 1. The third-order valence-electron chi connectivity index (χ3n) is 5.02. The van der Waals surface area contributed by atoms with E-state index in [9.17, 15) is 4.79 Å². The molecule has 2 unspecified atom stereocenters. The monoisotopic (exact) mass is 337 g/mol. The number of nitrogens with zero attached hydrogens (tertiary/aromatic N) is 1. The van der Waals surface area contributed by atoms with Gasteiger partial charge in [-0.05, 0) is 44.0 Å². The second-order valence-corrected chi connectivity index (χ2v) is 6.83. The lowest BCUT2D eigenvalue weighted by Gasteiger charge is -2.41. The lowest BCUT2D eigenvalue weighted by Crippen LogP contribution is -2.49. The van der Waals surface area contributed by atoms with E-state index < -0.39 is 0 Å². The summed E-state index contributed by atoms with van der Waals surface area (Å²) in [6, 6.07) is 9.28. The van der Waals surface area contributed by atoms with Gasteiger partial charge in [-0.2, -0.15) is 0 Å². The molecule has 2 bridgehead atoms. The number of halogens is 1. The molecular formula is C16H20BrNO2. The minimum atomic E-state index is -0.0628. The first-order chi connectivity index (χ1) is 9.61. The Labute approximate surface area is 128 Å². The fourth-order valence-electron chi connectivity index (χ4n) is 4.00. The predicted molar refractivity (Wildman–Crippen MR) is 81.6 cm³/mol. The maximum absolute atomic E-state index is 12.3. The van der Waals surface area contributed by atoms with Crippen molar-refractivity contribution in [2.24, 2.45) is 5.92 Å². The van der Waals surface area contributed by atoms with Gasteiger partial charge in [-0.3, -0.25) is 9.69 Å². The van der Waals surface area contributed by atoms with Crippen molar-refractivity contribution in [2.45, 2.75) is 37.3 Å². The Hall–Kier alpha value is -0.870. The van der Waals surface area contributed by atoms with Crippen molar-refractivity contribution >= 4 is 21.9 Å². The Morgan fingerprint density at radius 1 is 1.40 bits per heavy atom. The molecule has 3 rings (SSSR count). The molecule has 2 heterocycles. The van der Waals surface area contributed by atoms with Gasteiger partial charge in [0.2, 0.25) is 0 Å². The molecule has 0 spiro atoms. The molecule has 0 aliphatic carbocycles. The Balaban J connectivity index is 1.97. The first kappa shape index (κ1) is 14.1. The summed E-state index contributed by atoms with van der Waals surface area (Å²) >= 11 is 3.53. The van der Waals surface area contributed by atoms with E-state index in [0.29, 0.717) is 12.1 Å². The molecule has 3 nitrogen and oxygen atoms in total. The van der Waals surface area contributed by atoms with E-state index in [4.69, 9.17) is 4.74 Å². The fraction of sp³-hybridized carbons (Fsp3) is 0.562. The summed E-state index contributed by atoms with van der Waals surface area (Å²) in [5.74, 6) is 0.166. The Bertz CT molecular complexity index is 519. The highest BCUT2D eigenvalue weighted by atomic mass is 79.9. The molecule has 108 valence electrons. The highest BCUT2D eigenvalue weighted by Gasteiger charge is 2.49. The number of rotatable bonds is 2. The first-order valence-electron chi connectivity index (χ1n) is 7.17. The number of ether oxygens (including phenoxy) is 1. The molecule has 20 heavy (non-hydrogen) atoms. The van der Waals surface area contributed by atoms with E-state index in [0.717, 1.165) is 17.3 Å². The molecule has 2 aliphatic rings. The zero-order chi connectivity index (χ0) is 14.3. The van der Waals surface area contributed by atoms with Crippen LogP contribution in [0.5, 0.6) is 0 Å². The molecule has 0 radical (unpaired) electrons. The molecule has 2 fully saturated rings. The van der Waals surface area contributed by atoms with Crippen LogP contribution in [-0.2, 0) is 9.53 Å². The van der Waals surface area contributed by atoms with E-state index in [1.54, 1.807) is 0 Å². The summed E-state index contributed by atoms with van der Waals surface area (Å²) < 4.78 is 6.17. The number of benzene rings is 1. The van der Waals surface area contributed by atoms with E-state index in [2.05, 4.69) is 40.0 Å². The molecule has 1 aromatic carbocycles. The molecule has 0 amide bonds. The number of carbonyl (C=O) groups is 1. The maximum atomic E-state index is 12.3. The maximum Gasteiger partial charge on any atom is 0.310 e. The van der Waals surface area contributed by atoms with Crippen LogP contribution in [0.2, 0.25) is 0 Å². The quantitative estimate of drug-likeness (QED) is 0.776. The molecule has 0 aromatic heterocycles. The largest absolute Gasteiger partial charge is 0.469 e. The third-order valence-corrected chi connectivity index (χ3v) is 5.51. The number of hydrogen-bond donors (Lipinski definition) is 0. The van der Waals surface area contributed by atoms with Gasteiger partial charge in [0.25, 0.3) is 0 Å². The SMILES string of the molecule is COC(=O)[C@@H]1C2CCC(C[C@@H]1c1cccc(Br)c1)N2C. The molecule has 0 saturated carbocycles.